The summed E-state index contributed by atoms with van der Waals surface area (Å²) in [5.41, 5.74) is 0.488. The molecule has 0 aliphatic rings. The number of rotatable bonds is 7. The summed E-state index contributed by atoms with van der Waals surface area (Å²) < 4.78 is 37.7. The van der Waals surface area contributed by atoms with Crippen LogP contribution in [0.4, 0.5) is 5.69 Å². The van der Waals surface area contributed by atoms with Crippen LogP contribution in [0.25, 0.3) is 11.5 Å². The number of hydrogen-bond acceptors (Lipinski definition) is 6. The lowest BCUT2D eigenvalue weighted by molar-refractivity contribution is -0.114. The van der Waals surface area contributed by atoms with Crippen molar-refractivity contribution in [1.29, 1.82) is 0 Å². The van der Waals surface area contributed by atoms with Gasteiger partial charge in [-0.2, -0.15) is 0 Å². The molecule has 9 heteroatoms. The largest absolute Gasteiger partial charge is 0.461 e. The molecule has 3 rings (SSSR count). The molecule has 0 saturated carbocycles. The van der Waals surface area contributed by atoms with Crippen LogP contribution in [-0.4, -0.2) is 26.0 Å². The average molecular weight is 390 g/mol. The highest BCUT2D eigenvalue weighted by Gasteiger charge is 2.19. The van der Waals surface area contributed by atoms with E-state index in [2.05, 4.69) is 10.0 Å². The highest BCUT2D eigenvalue weighted by atomic mass is 32.2. The molecule has 2 heterocycles. The Kier molecular flexibility index (Phi) is 5.45. The molecule has 0 spiro atoms. The highest BCUT2D eigenvalue weighted by molar-refractivity contribution is 7.89. The van der Waals surface area contributed by atoms with Gasteiger partial charge in [0.15, 0.2) is 11.5 Å². The van der Waals surface area contributed by atoms with Gasteiger partial charge in [0.25, 0.3) is 0 Å². The van der Waals surface area contributed by atoms with Gasteiger partial charge in [0.2, 0.25) is 15.9 Å². The zero-order chi connectivity index (χ0) is 19.4. The van der Waals surface area contributed by atoms with Gasteiger partial charge < -0.3 is 19.3 Å². The number of aliphatic hydroxyl groups excluding tert-OH is 1. The number of carbonyl (C=O) groups excluding carboxylic acids is 1. The smallest absolute Gasteiger partial charge is 0.240 e. The second-order valence-electron chi connectivity index (χ2n) is 5.75. The predicted molar refractivity (Wildman–Crippen MR) is 97.3 cm³/mol. The fourth-order valence-corrected chi connectivity index (χ4v) is 3.41. The van der Waals surface area contributed by atoms with Gasteiger partial charge in [-0.15, -0.1) is 0 Å². The maximum atomic E-state index is 12.3. The molecule has 0 aliphatic heterocycles. The average Bonchev–Trinajstić information content (AvgIpc) is 3.31. The minimum Gasteiger partial charge on any atom is -0.461 e. The van der Waals surface area contributed by atoms with Crippen LogP contribution in [0.15, 0.2) is 68.5 Å². The van der Waals surface area contributed by atoms with Crippen molar-refractivity contribution in [2.45, 2.75) is 17.9 Å². The third-order valence-corrected chi connectivity index (χ3v) is 5.11. The standard InChI is InChI=1S/C18H18N2O6S/c1-12(21)20-13-4-6-14(7-5-13)27(23,24)19-11-15(22)16-8-9-18(26-16)17-3-2-10-25-17/h2-10,15,19,22H,11H2,1H3,(H,20,21). The van der Waals surface area contributed by atoms with Crippen molar-refractivity contribution in [2.75, 3.05) is 11.9 Å². The van der Waals surface area contributed by atoms with E-state index in [1.54, 1.807) is 24.3 Å². The van der Waals surface area contributed by atoms with Gasteiger partial charge in [0.1, 0.15) is 11.9 Å². The van der Waals surface area contributed by atoms with Gasteiger partial charge in [0.05, 0.1) is 11.2 Å². The van der Waals surface area contributed by atoms with Crippen LogP contribution < -0.4 is 10.0 Å². The van der Waals surface area contributed by atoms with Crippen molar-refractivity contribution in [3.05, 3.63) is 60.6 Å². The normalized spacial score (nSPS) is 12.7. The third-order valence-electron chi connectivity index (χ3n) is 3.67. The van der Waals surface area contributed by atoms with Crippen molar-refractivity contribution in [1.82, 2.24) is 4.72 Å². The minimum atomic E-state index is -3.83. The maximum absolute atomic E-state index is 12.3. The number of amides is 1. The summed E-state index contributed by atoms with van der Waals surface area (Å²) in [6.45, 7) is 1.10. The van der Waals surface area contributed by atoms with Crippen LogP contribution in [0.1, 0.15) is 18.8 Å². The van der Waals surface area contributed by atoms with E-state index in [1.165, 1.54) is 37.5 Å². The Labute approximate surface area is 155 Å². The molecule has 0 radical (unpaired) electrons. The first-order valence-electron chi connectivity index (χ1n) is 8.04. The molecule has 1 amide bonds. The van der Waals surface area contributed by atoms with Gasteiger partial charge in [-0.05, 0) is 48.5 Å². The maximum Gasteiger partial charge on any atom is 0.240 e. The summed E-state index contributed by atoms with van der Waals surface area (Å²) in [4.78, 5) is 11.0. The van der Waals surface area contributed by atoms with E-state index in [4.69, 9.17) is 8.83 Å². The molecule has 142 valence electrons. The van der Waals surface area contributed by atoms with Crippen LogP contribution >= 0.6 is 0 Å². The third kappa shape index (κ3) is 4.64. The van der Waals surface area contributed by atoms with E-state index in [9.17, 15) is 18.3 Å². The van der Waals surface area contributed by atoms with Gasteiger partial charge in [-0.25, -0.2) is 13.1 Å². The quantitative estimate of drug-likeness (QED) is 0.570. The number of benzene rings is 1. The lowest BCUT2D eigenvalue weighted by Gasteiger charge is -2.11. The van der Waals surface area contributed by atoms with E-state index in [-0.39, 0.29) is 23.1 Å². The summed E-state index contributed by atoms with van der Waals surface area (Å²) in [5, 5.41) is 12.7. The molecule has 1 atom stereocenters. The molecule has 0 fully saturated rings. The Hall–Kier alpha value is -2.88. The van der Waals surface area contributed by atoms with Gasteiger partial charge in [0, 0.05) is 19.2 Å². The van der Waals surface area contributed by atoms with Gasteiger partial charge in [-0.3, -0.25) is 4.79 Å². The first-order chi connectivity index (χ1) is 12.8. The predicted octanol–water partition coefficient (Wildman–Crippen LogP) is 2.51. The summed E-state index contributed by atoms with van der Waals surface area (Å²) in [5.74, 6) is 0.906. The lowest BCUT2D eigenvalue weighted by Crippen LogP contribution is -2.28. The molecule has 3 aromatic rings. The highest BCUT2D eigenvalue weighted by Crippen LogP contribution is 2.25. The van der Waals surface area contributed by atoms with E-state index in [0.717, 1.165) is 0 Å². The van der Waals surface area contributed by atoms with Crippen molar-refractivity contribution >= 4 is 21.6 Å². The molecule has 1 unspecified atom stereocenters. The van der Waals surface area contributed by atoms with E-state index < -0.39 is 16.1 Å². The number of aliphatic hydroxyl groups is 1. The molecule has 0 saturated heterocycles. The van der Waals surface area contributed by atoms with Crippen LogP contribution in [0.2, 0.25) is 0 Å². The van der Waals surface area contributed by atoms with E-state index in [0.29, 0.717) is 17.2 Å². The zero-order valence-corrected chi connectivity index (χ0v) is 15.2. The van der Waals surface area contributed by atoms with E-state index in [1.807, 2.05) is 0 Å². The fourth-order valence-electron chi connectivity index (χ4n) is 2.38. The van der Waals surface area contributed by atoms with Crippen LogP contribution in [-0.2, 0) is 14.8 Å². The van der Waals surface area contributed by atoms with Crippen molar-refractivity contribution < 1.29 is 27.2 Å². The Morgan fingerprint density at radius 3 is 2.48 bits per heavy atom. The Bertz CT molecular complexity index is 1010. The SMILES string of the molecule is CC(=O)Nc1ccc(S(=O)(=O)NCC(O)c2ccc(-c3ccco3)o2)cc1. The number of furan rings is 2. The molecule has 2 aromatic heterocycles. The molecular weight excluding hydrogens is 372 g/mol. The van der Waals surface area contributed by atoms with E-state index >= 15 is 0 Å². The Morgan fingerprint density at radius 2 is 1.85 bits per heavy atom. The molecule has 27 heavy (non-hydrogen) atoms. The van der Waals surface area contributed by atoms with Crippen molar-refractivity contribution in [2.24, 2.45) is 0 Å². The number of sulfonamides is 1. The second-order valence-corrected chi connectivity index (χ2v) is 7.52. The number of nitrogens with one attached hydrogen (secondary N) is 2. The van der Waals surface area contributed by atoms with Crippen LogP contribution in [0, 0.1) is 0 Å². The minimum absolute atomic E-state index is 0.0134. The summed E-state index contributed by atoms with van der Waals surface area (Å²) in [7, 11) is -3.83. The zero-order valence-electron chi connectivity index (χ0n) is 14.4. The van der Waals surface area contributed by atoms with Crippen LogP contribution in [0.3, 0.4) is 0 Å². The van der Waals surface area contributed by atoms with Gasteiger partial charge >= 0.3 is 0 Å². The molecule has 0 aliphatic carbocycles. The number of anilines is 1. The van der Waals surface area contributed by atoms with Crippen molar-refractivity contribution in [3.63, 3.8) is 0 Å². The van der Waals surface area contributed by atoms with Crippen LogP contribution in [0.5, 0.6) is 0 Å². The topological polar surface area (TPSA) is 122 Å². The molecule has 3 N–H and O–H groups in total. The lowest BCUT2D eigenvalue weighted by atomic mass is 10.3. The van der Waals surface area contributed by atoms with Gasteiger partial charge in [-0.1, -0.05) is 0 Å². The molecule has 1 aromatic carbocycles. The monoisotopic (exact) mass is 390 g/mol. The Balaban J connectivity index is 1.63. The summed E-state index contributed by atoms with van der Waals surface area (Å²) in [6.07, 6.45) is 0.335. The van der Waals surface area contributed by atoms with Crippen molar-refractivity contribution in [3.8, 4) is 11.5 Å². The molecular formula is C18H18N2O6S. The Morgan fingerprint density at radius 1 is 1.11 bits per heavy atom. The first kappa shape index (κ1) is 18.9. The molecule has 0 bridgehead atoms. The summed E-state index contributed by atoms with van der Waals surface area (Å²) >= 11 is 0. The fraction of sp³-hybridized carbons (Fsp3) is 0.167. The number of hydrogen-bond donors (Lipinski definition) is 3. The number of carbonyl (C=O) groups is 1. The molecule has 8 nitrogen and oxygen atoms in total. The second kappa shape index (κ2) is 7.78. The summed E-state index contributed by atoms with van der Waals surface area (Å²) in [6, 6.07) is 12.3. The first-order valence-corrected chi connectivity index (χ1v) is 9.52.